The van der Waals surface area contributed by atoms with Crippen molar-refractivity contribution < 1.29 is 10.2 Å². The summed E-state index contributed by atoms with van der Waals surface area (Å²) in [4.78, 5) is 0. The fraction of sp³-hybridized carbons (Fsp3) is 0.905. The van der Waals surface area contributed by atoms with E-state index >= 15 is 0 Å². The number of allylic oxidation sites excluding steroid dienone is 1. The third-order valence-electron chi connectivity index (χ3n) is 8.83. The van der Waals surface area contributed by atoms with Gasteiger partial charge in [-0.1, -0.05) is 18.6 Å². The Bertz CT molecular complexity index is 562. The topological polar surface area (TPSA) is 92.5 Å². The predicted molar refractivity (Wildman–Crippen MR) is 99.6 cm³/mol. The summed E-state index contributed by atoms with van der Waals surface area (Å²) in [5.41, 5.74) is 14.2. The Morgan fingerprint density at radius 2 is 2.04 bits per heavy atom. The molecular formula is C21H36N2O2. The second-order valence-electron chi connectivity index (χ2n) is 9.88. The highest BCUT2D eigenvalue weighted by Crippen LogP contribution is 2.66. The van der Waals surface area contributed by atoms with E-state index in [2.05, 4.69) is 13.0 Å². The summed E-state index contributed by atoms with van der Waals surface area (Å²) in [6, 6.07) is 0.258. The van der Waals surface area contributed by atoms with Crippen LogP contribution in [0.4, 0.5) is 0 Å². The van der Waals surface area contributed by atoms with Crippen LogP contribution in [-0.4, -0.2) is 35.0 Å². The molecule has 0 radical (unpaired) electrons. The van der Waals surface area contributed by atoms with Crippen molar-refractivity contribution in [3.63, 3.8) is 0 Å². The molecule has 4 aliphatic rings. The first-order valence-electron chi connectivity index (χ1n) is 10.3. The van der Waals surface area contributed by atoms with Gasteiger partial charge in [-0.15, -0.1) is 0 Å². The first-order chi connectivity index (χ1) is 11.8. The van der Waals surface area contributed by atoms with E-state index in [9.17, 15) is 10.2 Å². The van der Waals surface area contributed by atoms with Crippen molar-refractivity contribution in [1.29, 1.82) is 0 Å². The summed E-state index contributed by atoms with van der Waals surface area (Å²) >= 11 is 0. The molecule has 0 saturated heterocycles. The molecule has 4 heteroatoms. The highest BCUT2D eigenvalue weighted by Gasteiger charge is 2.63. The van der Waals surface area contributed by atoms with Gasteiger partial charge >= 0.3 is 0 Å². The molecule has 0 aromatic heterocycles. The summed E-state index contributed by atoms with van der Waals surface area (Å²) in [6.07, 6.45) is 9.54. The fourth-order valence-corrected chi connectivity index (χ4v) is 7.72. The fourth-order valence-electron chi connectivity index (χ4n) is 7.72. The summed E-state index contributed by atoms with van der Waals surface area (Å²) in [5, 5.41) is 21.2. The van der Waals surface area contributed by atoms with Crippen LogP contribution in [0.15, 0.2) is 11.6 Å². The third kappa shape index (κ3) is 2.40. The Balaban J connectivity index is 1.69. The van der Waals surface area contributed by atoms with Gasteiger partial charge in [0.2, 0.25) is 0 Å². The molecule has 4 aliphatic carbocycles. The van der Waals surface area contributed by atoms with Crippen LogP contribution >= 0.6 is 0 Å². The average Bonchev–Trinajstić information content (AvgIpc) is 2.88. The molecule has 142 valence electrons. The minimum absolute atomic E-state index is 0.0291. The van der Waals surface area contributed by atoms with Gasteiger partial charge in [0.15, 0.2) is 0 Å². The van der Waals surface area contributed by atoms with Crippen molar-refractivity contribution in [2.24, 2.45) is 46.0 Å². The van der Waals surface area contributed by atoms with Gasteiger partial charge in [0.25, 0.3) is 0 Å². The van der Waals surface area contributed by atoms with Gasteiger partial charge in [0, 0.05) is 30.0 Å². The number of fused-ring (bicyclic) bond motifs is 5. The highest BCUT2D eigenvalue weighted by atomic mass is 16.3. The van der Waals surface area contributed by atoms with Gasteiger partial charge in [-0.25, -0.2) is 0 Å². The minimum atomic E-state index is -0.367. The molecule has 3 saturated carbocycles. The Labute approximate surface area is 152 Å². The standard InChI is InChI=1S/C21H36N2O2/c1-12(22)19-18(25)10-17-15-4-3-13-9-14(23)5-7-20(13,2)16(15)6-8-21(17,19)11-24/h3,12,14-19,24-25H,4-11,22-23H2,1-2H3/t12?,14?,15-,16+,17+,18?,19+,20+,21-/m1/s1. The Kier molecular flexibility index (Phi) is 4.35. The zero-order valence-electron chi connectivity index (χ0n) is 15.8. The number of aliphatic hydroxyl groups excluding tert-OH is 2. The molecule has 0 aromatic carbocycles. The van der Waals surface area contributed by atoms with Gasteiger partial charge in [0.1, 0.15) is 0 Å². The molecule has 3 fully saturated rings. The zero-order chi connectivity index (χ0) is 18.0. The first kappa shape index (κ1) is 18.0. The van der Waals surface area contributed by atoms with Crippen LogP contribution in [0, 0.1) is 34.5 Å². The molecule has 0 bridgehead atoms. The molecule has 0 heterocycles. The van der Waals surface area contributed by atoms with Gasteiger partial charge in [-0.2, -0.15) is 0 Å². The number of nitrogens with two attached hydrogens (primary N) is 2. The smallest absolute Gasteiger partial charge is 0.0592 e. The molecule has 4 nitrogen and oxygen atoms in total. The lowest BCUT2D eigenvalue weighted by Gasteiger charge is -2.58. The molecule has 4 rings (SSSR count). The van der Waals surface area contributed by atoms with Crippen molar-refractivity contribution in [3.05, 3.63) is 11.6 Å². The van der Waals surface area contributed by atoms with E-state index in [1.807, 2.05) is 6.92 Å². The van der Waals surface area contributed by atoms with Crippen LogP contribution in [-0.2, 0) is 0 Å². The molecule has 0 amide bonds. The normalized spacial score (nSPS) is 53.4. The van der Waals surface area contributed by atoms with E-state index < -0.39 is 0 Å². The molecule has 6 N–H and O–H groups in total. The maximum atomic E-state index is 10.8. The van der Waals surface area contributed by atoms with E-state index in [1.165, 1.54) is 6.42 Å². The van der Waals surface area contributed by atoms with Crippen molar-refractivity contribution in [2.45, 2.75) is 77.0 Å². The van der Waals surface area contributed by atoms with Gasteiger partial charge in [-0.3, -0.25) is 0 Å². The van der Waals surface area contributed by atoms with Gasteiger partial charge < -0.3 is 21.7 Å². The maximum Gasteiger partial charge on any atom is 0.0592 e. The van der Waals surface area contributed by atoms with E-state index in [0.29, 0.717) is 23.8 Å². The predicted octanol–water partition coefficient (Wildman–Crippen LogP) is 2.18. The third-order valence-corrected chi connectivity index (χ3v) is 8.83. The summed E-state index contributed by atoms with van der Waals surface area (Å²) in [6.45, 7) is 4.63. The summed E-state index contributed by atoms with van der Waals surface area (Å²) < 4.78 is 0. The first-order valence-corrected chi connectivity index (χ1v) is 10.3. The largest absolute Gasteiger partial charge is 0.396 e. The van der Waals surface area contributed by atoms with Crippen LogP contribution in [0.2, 0.25) is 0 Å². The van der Waals surface area contributed by atoms with E-state index in [1.54, 1.807) is 5.57 Å². The zero-order valence-corrected chi connectivity index (χ0v) is 15.8. The van der Waals surface area contributed by atoms with Crippen LogP contribution in [0.3, 0.4) is 0 Å². The van der Waals surface area contributed by atoms with Crippen LogP contribution < -0.4 is 11.5 Å². The lowest BCUT2D eigenvalue weighted by Crippen LogP contribution is -2.55. The van der Waals surface area contributed by atoms with Gasteiger partial charge in [-0.05, 0) is 75.0 Å². The second-order valence-corrected chi connectivity index (χ2v) is 9.88. The quantitative estimate of drug-likeness (QED) is 0.576. The van der Waals surface area contributed by atoms with Crippen molar-refractivity contribution in [2.75, 3.05) is 6.61 Å². The molecule has 0 aromatic rings. The second kappa shape index (κ2) is 6.05. The van der Waals surface area contributed by atoms with E-state index in [-0.39, 0.29) is 35.5 Å². The molecule has 25 heavy (non-hydrogen) atoms. The summed E-state index contributed by atoms with van der Waals surface area (Å²) in [7, 11) is 0. The summed E-state index contributed by atoms with van der Waals surface area (Å²) in [5.74, 6) is 1.67. The lowest BCUT2D eigenvalue weighted by atomic mass is 9.47. The van der Waals surface area contributed by atoms with Crippen LogP contribution in [0.1, 0.15) is 58.8 Å². The number of aliphatic hydroxyl groups is 2. The molecular weight excluding hydrogens is 312 g/mol. The van der Waals surface area contributed by atoms with E-state index in [0.717, 1.165) is 38.5 Å². The average molecular weight is 349 g/mol. The molecule has 0 spiro atoms. The maximum absolute atomic E-state index is 10.8. The van der Waals surface area contributed by atoms with E-state index in [4.69, 9.17) is 11.5 Å². The molecule has 3 unspecified atom stereocenters. The van der Waals surface area contributed by atoms with Gasteiger partial charge in [0.05, 0.1) is 6.10 Å². The monoisotopic (exact) mass is 348 g/mol. The lowest BCUT2D eigenvalue weighted by molar-refractivity contribution is -0.0847. The Hall–Kier alpha value is -0.420. The Morgan fingerprint density at radius 1 is 1.28 bits per heavy atom. The molecule has 0 aliphatic heterocycles. The number of hydrogen-bond acceptors (Lipinski definition) is 4. The van der Waals surface area contributed by atoms with Crippen molar-refractivity contribution in [1.82, 2.24) is 0 Å². The van der Waals surface area contributed by atoms with Crippen LogP contribution in [0.25, 0.3) is 0 Å². The van der Waals surface area contributed by atoms with Crippen molar-refractivity contribution >= 4 is 0 Å². The number of hydrogen-bond donors (Lipinski definition) is 4. The molecule has 9 atom stereocenters. The van der Waals surface area contributed by atoms with Crippen LogP contribution in [0.5, 0.6) is 0 Å². The number of rotatable bonds is 2. The SMILES string of the molecule is CC(N)[C@H]1C(O)C[C@H]2[C@@H]3CC=C4CC(N)CC[C@]4(C)[C@H]3CC[C@]12CO. The highest BCUT2D eigenvalue weighted by molar-refractivity contribution is 5.26. The van der Waals surface area contributed by atoms with Crippen molar-refractivity contribution in [3.8, 4) is 0 Å². The Morgan fingerprint density at radius 3 is 2.72 bits per heavy atom. The minimum Gasteiger partial charge on any atom is -0.396 e.